The second kappa shape index (κ2) is 6.45. The maximum atomic E-state index is 13.2. The van der Waals surface area contributed by atoms with E-state index >= 15 is 0 Å². The van der Waals surface area contributed by atoms with Gasteiger partial charge in [-0.05, 0) is 25.0 Å². The van der Waals surface area contributed by atoms with E-state index in [-0.39, 0.29) is 11.8 Å². The number of anilines is 1. The van der Waals surface area contributed by atoms with Gasteiger partial charge in [-0.25, -0.2) is 4.98 Å². The molecule has 4 nitrogen and oxygen atoms in total. The number of hydrogen-bond acceptors (Lipinski definition) is 3. The van der Waals surface area contributed by atoms with Crippen LogP contribution in [0.3, 0.4) is 0 Å². The zero-order valence-electron chi connectivity index (χ0n) is 14.3. The Labute approximate surface area is 149 Å². The van der Waals surface area contributed by atoms with Crippen molar-refractivity contribution in [3.05, 3.63) is 36.0 Å². The first-order chi connectivity index (χ1) is 12.4. The van der Waals surface area contributed by atoms with E-state index in [0.29, 0.717) is 42.8 Å². The molecule has 2 fully saturated rings. The van der Waals surface area contributed by atoms with Crippen LogP contribution < -0.4 is 4.90 Å². The summed E-state index contributed by atoms with van der Waals surface area (Å²) in [5.74, 6) is 0.353. The van der Waals surface area contributed by atoms with Gasteiger partial charge in [0.2, 0.25) is 5.91 Å². The molecule has 1 aliphatic heterocycles. The maximum absolute atomic E-state index is 13.2. The average molecular weight is 363 g/mol. The van der Waals surface area contributed by atoms with Gasteiger partial charge >= 0.3 is 6.18 Å². The molecule has 1 amide bonds. The highest BCUT2D eigenvalue weighted by Gasteiger charge is 2.35. The summed E-state index contributed by atoms with van der Waals surface area (Å²) < 4.78 is 39.7. The van der Waals surface area contributed by atoms with E-state index in [1.807, 2.05) is 9.80 Å². The Morgan fingerprint density at radius 3 is 2.38 bits per heavy atom. The average Bonchev–Trinajstić information content (AvgIpc) is 2.58. The van der Waals surface area contributed by atoms with Crippen LogP contribution in [-0.2, 0) is 11.0 Å². The van der Waals surface area contributed by atoms with Gasteiger partial charge in [0.05, 0.1) is 5.52 Å². The lowest BCUT2D eigenvalue weighted by atomic mass is 9.84. The zero-order valence-corrected chi connectivity index (χ0v) is 14.3. The third kappa shape index (κ3) is 3.10. The highest BCUT2D eigenvalue weighted by atomic mass is 19.4. The molecule has 1 saturated carbocycles. The zero-order chi connectivity index (χ0) is 18.3. The number of nitrogens with zero attached hydrogens (tertiary/aromatic N) is 3. The van der Waals surface area contributed by atoms with Crippen molar-refractivity contribution in [1.82, 2.24) is 9.88 Å². The van der Waals surface area contributed by atoms with Crippen molar-refractivity contribution >= 4 is 22.5 Å². The van der Waals surface area contributed by atoms with E-state index in [2.05, 4.69) is 4.98 Å². The van der Waals surface area contributed by atoms with Crippen LogP contribution in [0.5, 0.6) is 0 Å². The summed E-state index contributed by atoms with van der Waals surface area (Å²) in [6, 6.07) is 8.02. The molecule has 2 aromatic rings. The van der Waals surface area contributed by atoms with E-state index < -0.39 is 11.9 Å². The molecular formula is C19H20F3N3O. The third-order valence-electron chi connectivity index (χ3n) is 5.37. The summed E-state index contributed by atoms with van der Waals surface area (Å²) in [7, 11) is 0. The number of rotatable bonds is 2. The molecule has 4 rings (SSSR count). The quantitative estimate of drug-likeness (QED) is 0.816. The van der Waals surface area contributed by atoms with E-state index in [1.54, 1.807) is 24.3 Å². The first-order valence-corrected chi connectivity index (χ1v) is 8.94. The second-order valence-corrected chi connectivity index (χ2v) is 6.98. The Morgan fingerprint density at radius 2 is 1.77 bits per heavy atom. The Bertz CT molecular complexity index is 824. The van der Waals surface area contributed by atoms with Crippen LogP contribution in [0, 0.1) is 5.92 Å². The Morgan fingerprint density at radius 1 is 1.08 bits per heavy atom. The molecule has 0 radical (unpaired) electrons. The smallest absolute Gasteiger partial charge is 0.367 e. The molecule has 7 heteroatoms. The van der Waals surface area contributed by atoms with Gasteiger partial charge in [-0.1, -0.05) is 24.6 Å². The molecule has 0 atom stereocenters. The molecule has 1 saturated heterocycles. The molecule has 0 spiro atoms. The van der Waals surface area contributed by atoms with Crippen molar-refractivity contribution in [1.29, 1.82) is 0 Å². The number of aromatic nitrogens is 1. The lowest BCUT2D eigenvalue weighted by Crippen LogP contribution is -2.51. The fraction of sp³-hybridized carbons (Fsp3) is 0.474. The number of pyridine rings is 1. The first-order valence-electron chi connectivity index (χ1n) is 8.94. The summed E-state index contributed by atoms with van der Waals surface area (Å²) in [5.41, 5.74) is 0.00291. The van der Waals surface area contributed by atoms with Gasteiger partial charge in [0.25, 0.3) is 0 Å². The van der Waals surface area contributed by atoms with Crippen LogP contribution in [0.2, 0.25) is 0 Å². The Balaban J connectivity index is 1.59. The standard InChI is InChI=1S/C19H20F3N3O/c20-19(21,22)17-12-16(14-6-1-2-7-15(14)23-17)24-8-10-25(11-9-24)18(26)13-4-3-5-13/h1-2,6-7,12-13H,3-5,8-11H2. The molecule has 138 valence electrons. The lowest BCUT2D eigenvalue weighted by Gasteiger charge is -2.39. The molecule has 1 aromatic carbocycles. The topological polar surface area (TPSA) is 36.4 Å². The minimum Gasteiger partial charge on any atom is -0.367 e. The number of amides is 1. The number of fused-ring (bicyclic) bond motifs is 1. The number of piperazine rings is 1. The largest absolute Gasteiger partial charge is 0.433 e. The maximum Gasteiger partial charge on any atom is 0.433 e. The normalized spacial score (nSPS) is 18.9. The minimum absolute atomic E-state index is 0.153. The van der Waals surface area contributed by atoms with Crippen LogP contribution in [0.15, 0.2) is 30.3 Å². The number of carbonyl (C=O) groups excluding carboxylic acids is 1. The molecule has 2 heterocycles. The molecule has 0 unspecified atom stereocenters. The van der Waals surface area contributed by atoms with Crippen molar-refractivity contribution in [2.24, 2.45) is 5.92 Å². The molecule has 0 bridgehead atoms. The van der Waals surface area contributed by atoms with Crippen LogP contribution in [-0.4, -0.2) is 42.0 Å². The van der Waals surface area contributed by atoms with E-state index in [1.165, 1.54) is 0 Å². The molecular weight excluding hydrogens is 343 g/mol. The van der Waals surface area contributed by atoms with Gasteiger partial charge in [-0.2, -0.15) is 13.2 Å². The summed E-state index contributed by atoms with van der Waals surface area (Å²) in [6.45, 7) is 2.16. The molecule has 1 aromatic heterocycles. The molecule has 1 aliphatic carbocycles. The first kappa shape index (κ1) is 17.1. The van der Waals surface area contributed by atoms with E-state index in [4.69, 9.17) is 0 Å². The SMILES string of the molecule is O=C(C1CCC1)N1CCN(c2cc(C(F)(F)F)nc3ccccc23)CC1. The van der Waals surface area contributed by atoms with Crippen LogP contribution in [0.1, 0.15) is 25.0 Å². The van der Waals surface area contributed by atoms with Crippen molar-refractivity contribution in [3.63, 3.8) is 0 Å². The fourth-order valence-corrected chi connectivity index (χ4v) is 3.65. The van der Waals surface area contributed by atoms with E-state index in [0.717, 1.165) is 25.3 Å². The minimum atomic E-state index is -4.49. The Hall–Kier alpha value is -2.31. The predicted molar refractivity (Wildman–Crippen MR) is 92.9 cm³/mol. The van der Waals surface area contributed by atoms with Crippen molar-refractivity contribution in [2.75, 3.05) is 31.1 Å². The number of benzene rings is 1. The van der Waals surface area contributed by atoms with Crippen molar-refractivity contribution < 1.29 is 18.0 Å². The lowest BCUT2D eigenvalue weighted by molar-refractivity contribution is -0.141. The molecule has 0 N–H and O–H groups in total. The monoisotopic (exact) mass is 363 g/mol. The van der Waals surface area contributed by atoms with E-state index in [9.17, 15) is 18.0 Å². The van der Waals surface area contributed by atoms with Crippen LogP contribution in [0.25, 0.3) is 10.9 Å². The van der Waals surface area contributed by atoms with Crippen LogP contribution >= 0.6 is 0 Å². The van der Waals surface area contributed by atoms with Gasteiger partial charge in [-0.3, -0.25) is 4.79 Å². The Kier molecular flexibility index (Phi) is 4.25. The molecule has 26 heavy (non-hydrogen) atoms. The van der Waals surface area contributed by atoms with Crippen LogP contribution in [0.4, 0.5) is 18.9 Å². The van der Waals surface area contributed by atoms with Gasteiger partial charge in [0.15, 0.2) is 0 Å². The second-order valence-electron chi connectivity index (χ2n) is 6.98. The number of halogens is 3. The van der Waals surface area contributed by atoms with Gasteiger partial charge in [-0.15, -0.1) is 0 Å². The fourth-order valence-electron chi connectivity index (χ4n) is 3.65. The number of carbonyl (C=O) groups is 1. The third-order valence-corrected chi connectivity index (χ3v) is 5.37. The molecule has 2 aliphatic rings. The van der Waals surface area contributed by atoms with Crippen molar-refractivity contribution in [2.45, 2.75) is 25.4 Å². The summed E-state index contributed by atoms with van der Waals surface area (Å²) in [6.07, 6.45) is -1.45. The highest BCUT2D eigenvalue weighted by Crippen LogP contribution is 2.35. The van der Waals surface area contributed by atoms with Gasteiger partial charge in [0, 0.05) is 43.2 Å². The van der Waals surface area contributed by atoms with Crippen molar-refractivity contribution in [3.8, 4) is 0 Å². The highest BCUT2D eigenvalue weighted by molar-refractivity contribution is 5.92. The number of alkyl halides is 3. The number of hydrogen-bond donors (Lipinski definition) is 0. The summed E-state index contributed by atoms with van der Waals surface area (Å²) >= 11 is 0. The summed E-state index contributed by atoms with van der Waals surface area (Å²) in [4.78, 5) is 19.9. The number of para-hydroxylation sites is 1. The summed E-state index contributed by atoms with van der Waals surface area (Å²) in [5, 5.41) is 0.708. The van der Waals surface area contributed by atoms with Gasteiger partial charge in [0.1, 0.15) is 5.69 Å². The predicted octanol–water partition coefficient (Wildman–Crippen LogP) is 3.70. The van der Waals surface area contributed by atoms with Gasteiger partial charge < -0.3 is 9.80 Å².